The number of phenolic OH excluding ortho intramolecular Hbond substituents is 1. The number of pyridine rings is 1. The number of rotatable bonds is 3. The van der Waals surface area contributed by atoms with Gasteiger partial charge in [-0.1, -0.05) is 6.07 Å². The van der Waals surface area contributed by atoms with E-state index < -0.39 is 0 Å². The van der Waals surface area contributed by atoms with Crippen LogP contribution in [0, 0.1) is 6.92 Å². The number of aryl methyl sites for hydroxylation is 1. The van der Waals surface area contributed by atoms with E-state index in [-0.39, 0.29) is 5.75 Å². The van der Waals surface area contributed by atoms with Gasteiger partial charge in [0.1, 0.15) is 11.4 Å². The highest BCUT2D eigenvalue weighted by Crippen LogP contribution is 2.31. The average Bonchev–Trinajstić information content (AvgIpc) is 2.39. The summed E-state index contributed by atoms with van der Waals surface area (Å²) in [5.74, 6) is 0.615. The number of hydrogen-bond acceptors (Lipinski definition) is 5. The van der Waals surface area contributed by atoms with Crippen LogP contribution in [0.25, 0.3) is 0 Å². The van der Waals surface area contributed by atoms with E-state index in [0.29, 0.717) is 11.5 Å². The summed E-state index contributed by atoms with van der Waals surface area (Å²) in [6.45, 7) is 1.96. The lowest BCUT2D eigenvalue weighted by Crippen LogP contribution is -2.07. The minimum Gasteiger partial charge on any atom is -0.506 e. The molecule has 0 spiro atoms. The normalized spacial score (nSPS) is 10.9. The van der Waals surface area contributed by atoms with Crippen LogP contribution >= 0.6 is 0 Å². The monoisotopic (exact) mass is 256 g/mol. The molecule has 1 N–H and O–H groups in total. The van der Waals surface area contributed by atoms with E-state index >= 15 is 0 Å². The van der Waals surface area contributed by atoms with Crippen LogP contribution in [0.1, 0.15) is 5.56 Å². The van der Waals surface area contributed by atoms with Gasteiger partial charge < -0.3 is 10.0 Å². The van der Waals surface area contributed by atoms with Gasteiger partial charge in [0.25, 0.3) is 0 Å². The smallest absolute Gasteiger partial charge is 0.174 e. The maximum absolute atomic E-state index is 9.86. The van der Waals surface area contributed by atoms with Crippen molar-refractivity contribution in [3.63, 3.8) is 0 Å². The van der Waals surface area contributed by atoms with Crippen molar-refractivity contribution in [1.29, 1.82) is 0 Å². The standard InChI is InChI=1S/C14H16N4O/c1-10-4-7-14(15-9-10)17-16-12-6-5-11(18(2)3)8-13(12)19/h4-9,19H,1-3H3. The molecular formula is C14H16N4O. The summed E-state index contributed by atoms with van der Waals surface area (Å²) in [5.41, 5.74) is 2.40. The van der Waals surface area contributed by atoms with Gasteiger partial charge in [-0.15, -0.1) is 10.2 Å². The summed E-state index contributed by atoms with van der Waals surface area (Å²) in [6, 6.07) is 8.94. The SMILES string of the molecule is Cc1ccc(N=Nc2ccc(N(C)C)cc2O)nc1. The first kappa shape index (κ1) is 13.0. The fourth-order valence-corrected chi connectivity index (χ4v) is 1.50. The summed E-state index contributed by atoms with van der Waals surface area (Å²) in [4.78, 5) is 6.02. The molecule has 1 heterocycles. The molecule has 1 aromatic carbocycles. The predicted molar refractivity (Wildman–Crippen MR) is 75.6 cm³/mol. The Morgan fingerprint density at radius 1 is 1.11 bits per heavy atom. The highest BCUT2D eigenvalue weighted by Gasteiger charge is 2.03. The summed E-state index contributed by atoms with van der Waals surface area (Å²) >= 11 is 0. The van der Waals surface area contributed by atoms with Crippen LogP contribution in [0.15, 0.2) is 46.8 Å². The summed E-state index contributed by atoms with van der Waals surface area (Å²) in [7, 11) is 3.82. The first-order chi connectivity index (χ1) is 9.06. The number of benzene rings is 1. The second-order valence-corrected chi connectivity index (χ2v) is 4.46. The Kier molecular flexibility index (Phi) is 3.75. The van der Waals surface area contributed by atoms with Crippen LogP contribution in [0.5, 0.6) is 5.75 Å². The predicted octanol–water partition coefficient (Wildman–Crippen LogP) is 3.58. The van der Waals surface area contributed by atoms with Crippen LogP contribution < -0.4 is 4.90 Å². The molecule has 5 heteroatoms. The van der Waals surface area contributed by atoms with Crippen molar-refractivity contribution >= 4 is 17.2 Å². The van der Waals surface area contributed by atoms with E-state index in [0.717, 1.165) is 11.3 Å². The van der Waals surface area contributed by atoms with Gasteiger partial charge in [0, 0.05) is 32.0 Å². The number of anilines is 1. The zero-order valence-electron chi connectivity index (χ0n) is 11.2. The van der Waals surface area contributed by atoms with Crippen LogP contribution in [0.3, 0.4) is 0 Å². The number of azo groups is 1. The number of aromatic nitrogens is 1. The molecule has 0 unspecified atom stereocenters. The topological polar surface area (TPSA) is 61.1 Å². The van der Waals surface area contributed by atoms with Gasteiger partial charge in [0.2, 0.25) is 0 Å². The van der Waals surface area contributed by atoms with Crippen LogP contribution in [0.2, 0.25) is 0 Å². The third kappa shape index (κ3) is 3.28. The molecule has 0 amide bonds. The lowest BCUT2D eigenvalue weighted by molar-refractivity contribution is 0.476. The molecule has 1 aromatic heterocycles. The molecule has 0 saturated carbocycles. The zero-order valence-corrected chi connectivity index (χ0v) is 11.2. The van der Waals surface area contributed by atoms with E-state index in [1.54, 1.807) is 24.4 Å². The number of aromatic hydroxyl groups is 1. The highest BCUT2D eigenvalue weighted by molar-refractivity contribution is 5.60. The number of phenols is 1. The molecule has 19 heavy (non-hydrogen) atoms. The van der Waals surface area contributed by atoms with Gasteiger partial charge in [-0.25, -0.2) is 4.98 Å². The van der Waals surface area contributed by atoms with E-state index in [4.69, 9.17) is 0 Å². The quantitative estimate of drug-likeness (QED) is 0.854. The Morgan fingerprint density at radius 2 is 1.89 bits per heavy atom. The molecule has 0 saturated heterocycles. The lowest BCUT2D eigenvalue weighted by atomic mass is 10.2. The molecular weight excluding hydrogens is 240 g/mol. The molecule has 0 radical (unpaired) electrons. The first-order valence-corrected chi connectivity index (χ1v) is 5.91. The number of hydrogen-bond donors (Lipinski definition) is 1. The van der Waals surface area contributed by atoms with Crippen LogP contribution in [0.4, 0.5) is 17.2 Å². The molecule has 0 atom stereocenters. The Bertz CT molecular complexity index is 591. The van der Waals surface area contributed by atoms with Gasteiger partial charge in [-0.3, -0.25) is 0 Å². The van der Waals surface area contributed by atoms with Crippen molar-refractivity contribution in [2.24, 2.45) is 10.2 Å². The first-order valence-electron chi connectivity index (χ1n) is 5.91. The molecule has 5 nitrogen and oxygen atoms in total. The van der Waals surface area contributed by atoms with Crippen LogP contribution in [-0.4, -0.2) is 24.2 Å². The summed E-state index contributed by atoms with van der Waals surface area (Å²) in [6.07, 6.45) is 1.73. The van der Waals surface area contributed by atoms with Gasteiger partial charge in [0.05, 0.1) is 0 Å². The van der Waals surface area contributed by atoms with Gasteiger partial charge in [-0.2, -0.15) is 0 Å². The summed E-state index contributed by atoms with van der Waals surface area (Å²) in [5, 5.41) is 17.9. The lowest BCUT2D eigenvalue weighted by Gasteiger charge is -2.12. The largest absolute Gasteiger partial charge is 0.506 e. The third-order valence-corrected chi connectivity index (χ3v) is 2.63. The molecule has 2 rings (SSSR count). The Morgan fingerprint density at radius 3 is 2.47 bits per heavy atom. The van der Waals surface area contributed by atoms with Crippen LogP contribution in [-0.2, 0) is 0 Å². The maximum atomic E-state index is 9.86. The minimum absolute atomic E-state index is 0.0991. The molecule has 0 aliphatic heterocycles. The van der Waals surface area contributed by atoms with Gasteiger partial charge in [-0.05, 0) is 30.7 Å². The Labute approximate surface area is 112 Å². The van der Waals surface area contributed by atoms with E-state index in [1.807, 2.05) is 38.1 Å². The van der Waals surface area contributed by atoms with Crippen molar-refractivity contribution in [2.75, 3.05) is 19.0 Å². The van der Waals surface area contributed by atoms with Gasteiger partial charge >= 0.3 is 0 Å². The second-order valence-electron chi connectivity index (χ2n) is 4.46. The number of nitrogens with zero attached hydrogens (tertiary/aromatic N) is 4. The van der Waals surface area contributed by atoms with E-state index in [1.165, 1.54) is 0 Å². The molecule has 2 aromatic rings. The molecule has 0 aliphatic carbocycles. The maximum Gasteiger partial charge on any atom is 0.174 e. The Hall–Kier alpha value is -2.43. The summed E-state index contributed by atoms with van der Waals surface area (Å²) < 4.78 is 0. The molecule has 0 fully saturated rings. The third-order valence-electron chi connectivity index (χ3n) is 2.63. The van der Waals surface area contributed by atoms with Crippen molar-refractivity contribution in [3.05, 3.63) is 42.1 Å². The van der Waals surface area contributed by atoms with Crippen molar-refractivity contribution in [3.8, 4) is 5.75 Å². The average molecular weight is 256 g/mol. The molecule has 98 valence electrons. The van der Waals surface area contributed by atoms with Crippen molar-refractivity contribution < 1.29 is 5.11 Å². The Balaban J connectivity index is 2.21. The minimum atomic E-state index is 0.0991. The fraction of sp³-hybridized carbons (Fsp3) is 0.214. The van der Waals surface area contributed by atoms with Gasteiger partial charge in [0.15, 0.2) is 5.82 Å². The fourth-order valence-electron chi connectivity index (χ4n) is 1.50. The van der Waals surface area contributed by atoms with E-state index in [2.05, 4.69) is 15.2 Å². The second kappa shape index (κ2) is 5.48. The molecule has 0 aliphatic rings. The highest BCUT2D eigenvalue weighted by atomic mass is 16.3. The van der Waals surface area contributed by atoms with Crippen molar-refractivity contribution in [1.82, 2.24) is 4.98 Å². The van der Waals surface area contributed by atoms with E-state index in [9.17, 15) is 5.11 Å². The zero-order chi connectivity index (χ0) is 13.8. The molecule has 0 bridgehead atoms. The van der Waals surface area contributed by atoms with Crippen molar-refractivity contribution in [2.45, 2.75) is 6.92 Å².